The lowest BCUT2D eigenvalue weighted by molar-refractivity contribution is 1.43. The predicted molar refractivity (Wildman–Crippen MR) is 120 cm³/mol. The highest BCUT2D eigenvalue weighted by Crippen LogP contribution is 2.40. The quantitative estimate of drug-likeness (QED) is 0.259. The summed E-state index contributed by atoms with van der Waals surface area (Å²) in [5.41, 5.74) is 4.36. The molecule has 0 amide bonds. The van der Waals surface area contributed by atoms with Gasteiger partial charge in [-0.25, -0.2) is 9.97 Å². The summed E-state index contributed by atoms with van der Waals surface area (Å²) in [7, 11) is 0. The summed E-state index contributed by atoms with van der Waals surface area (Å²) in [6.45, 7) is 4.06. The van der Waals surface area contributed by atoms with Gasteiger partial charge in [-0.1, -0.05) is 28.1 Å². The van der Waals surface area contributed by atoms with Crippen LogP contribution in [-0.2, 0) is 0 Å². The first-order chi connectivity index (χ1) is 12.1. The van der Waals surface area contributed by atoms with Crippen molar-refractivity contribution in [1.82, 2.24) is 9.97 Å². The smallest absolute Gasteiger partial charge is 0.126 e. The van der Waals surface area contributed by atoms with Crippen molar-refractivity contribution in [2.75, 3.05) is 0 Å². The van der Waals surface area contributed by atoms with Crippen LogP contribution in [0.1, 0.15) is 18.9 Å². The molecule has 0 spiro atoms. The van der Waals surface area contributed by atoms with E-state index in [1.165, 1.54) is 9.40 Å². The molecule has 0 bridgehead atoms. The van der Waals surface area contributed by atoms with Gasteiger partial charge in [0.15, 0.2) is 0 Å². The molecule has 3 heterocycles. The summed E-state index contributed by atoms with van der Waals surface area (Å²) in [6, 6.07) is 4.31. The highest BCUT2D eigenvalue weighted by Gasteiger charge is 2.15. The van der Waals surface area contributed by atoms with Gasteiger partial charge in [-0.15, -0.1) is 22.7 Å². The molecular formula is C18H12Br2N2S3. The van der Waals surface area contributed by atoms with Crippen LogP contribution in [0.5, 0.6) is 0 Å². The first-order valence-corrected chi connectivity index (χ1v) is 11.7. The van der Waals surface area contributed by atoms with Gasteiger partial charge in [-0.05, 0) is 41.9 Å². The predicted octanol–water partition coefficient (Wildman–Crippen LogP) is 8.10. The van der Waals surface area contributed by atoms with Crippen LogP contribution in [-0.4, -0.2) is 9.97 Å². The van der Waals surface area contributed by atoms with E-state index in [0.717, 1.165) is 41.1 Å². The van der Waals surface area contributed by atoms with E-state index in [4.69, 9.17) is 9.97 Å². The average molecular weight is 512 g/mol. The topological polar surface area (TPSA) is 25.8 Å². The van der Waals surface area contributed by atoms with Crippen molar-refractivity contribution in [3.63, 3.8) is 0 Å². The summed E-state index contributed by atoms with van der Waals surface area (Å²) < 4.78 is 4.51. The standard InChI is InChI=1S/C18H12Br2N2S3/c1-3-9(11(19)4-2)17-21-13-5-16-14(6-15(13)24-17)22-18(25-16)10-7-23-8-12(10)20/h3-8H,1-2H3/b9-3+,11-4+. The Hall–Kier alpha value is -0.860. The molecule has 0 aliphatic heterocycles. The van der Waals surface area contributed by atoms with Crippen LogP contribution in [0.15, 0.2) is 44.0 Å². The summed E-state index contributed by atoms with van der Waals surface area (Å²) in [4.78, 5) is 9.67. The van der Waals surface area contributed by atoms with E-state index < -0.39 is 0 Å². The number of allylic oxidation sites excluding steroid dienone is 4. The molecule has 7 heteroatoms. The van der Waals surface area contributed by atoms with Crippen LogP contribution in [0, 0.1) is 0 Å². The molecule has 0 atom stereocenters. The van der Waals surface area contributed by atoms with Gasteiger partial charge >= 0.3 is 0 Å². The molecule has 1 aromatic carbocycles. The fraction of sp³-hybridized carbons (Fsp3) is 0.111. The Bertz CT molecular complexity index is 1100. The Labute approximate surface area is 174 Å². The van der Waals surface area contributed by atoms with Gasteiger partial charge in [0.1, 0.15) is 10.0 Å². The second-order valence-electron chi connectivity index (χ2n) is 5.30. The number of benzene rings is 1. The lowest BCUT2D eigenvalue weighted by Gasteiger charge is -2.00. The zero-order valence-electron chi connectivity index (χ0n) is 13.3. The van der Waals surface area contributed by atoms with Crippen molar-refractivity contribution < 1.29 is 0 Å². The third-order valence-corrected chi connectivity index (χ3v) is 8.46. The lowest BCUT2D eigenvalue weighted by Crippen LogP contribution is -1.81. The number of rotatable bonds is 3. The van der Waals surface area contributed by atoms with Gasteiger partial charge in [0.2, 0.25) is 0 Å². The van der Waals surface area contributed by atoms with Crippen molar-refractivity contribution in [2.24, 2.45) is 0 Å². The molecule has 0 saturated carbocycles. The van der Waals surface area contributed by atoms with E-state index in [-0.39, 0.29) is 0 Å². The number of nitrogens with zero attached hydrogens (tertiary/aromatic N) is 2. The van der Waals surface area contributed by atoms with E-state index in [1.54, 1.807) is 34.0 Å². The lowest BCUT2D eigenvalue weighted by atomic mass is 10.2. The summed E-state index contributed by atoms with van der Waals surface area (Å²) >= 11 is 12.3. The van der Waals surface area contributed by atoms with Gasteiger partial charge in [0.05, 0.1) is 20.4 Å². The molecule has 4 rings (SSSR count). The number of halogens is 2. The Morgan fingerprint density at radius 2 is 1.72 bits per heavy atom. The fourth-order valence-electron chi connectivity index (χ4n) is 2.53. The number of hydrogen-bond donors (Lipinski definition) is 0. The van der Waals surface area contributed by atoms with E-state index in [1.807, 2.05) is 19.9 Å². The summed E-state index contributed by atoms with van der Waals surface area (Å²) in [5.74, 6) is 0. The largest absolute Gasteiger partial charge is 0.236 e. The highest BCUT2D eigenvalue weighted by molar-refractivity contribution is 9.12. The minimum atomic E-state index is 1.03. The first kappa shape index (κ1) is 17.5. The van der Waals surface area contributed by atoms with Gasteiger partial charge < -0.3 is 0 Å². The minimum absolute atomic E-state index is 1.03. The van der Waals surface area contributed by atoms with E-state index in [9.17, 15) is 0 Å². The molecule has 4 aromatic rings. The fourth-order valence-corrected chi connectivity index (χ4v) is 6.83. The Morgan fingerprint density at radius 3 is 2.36 bits per heavy atom. The molecule has 0 saturated heterocycles. The molecule has 0 N–H and O–H groups in total. The third-order valence-electron chi connectivity index (χ3n) is 3.77. The van der Waals surface area contributed by atoms with Crippen molar-refractivity contribution in [3.8, 4) is 10.6 Å². The average Bonchev–Trinajstić information content (AvgIpc) is 3.29. The van der Waals surface area contributed by atoms with Crippen LogP contribution in [0.3, 0.4) is 0 Å². The van der Waals surface area contributed by atoms with Crippen LogP contribution in [0.2, 0.25) is 0 Å². The van der Waals surface area contributed by atoms with Crippen molar-refractivity contribution in [1.29, 1.82) is 0 Å². The Balaban J connectivity index is 1.84. The maximum Gasteiger partial charge on any atom is 0.126 e. The molecule has 0 radical (unpaired) electrons. The maximum absolute atomic E-state index is 4.84. The van der Waals surface area contributed by atoms with Gasteiger partial charge in [-0.3, -0.25) is 0 Å². The molecule has 2 nitrogen and oxygen atoms in total. The van der Waals surface area contributed by atoms with Crippen LogP contribution in [0.4, 0.5) is 0 Å². The van der Waals surface area contributed by atoms with Gasteiger partial charge in [0.25, 0.3) is 0 Å². The molecule has 126 valence electrons. The molecular weight excluding hydrogens is 500 g/mol. The van der Waals surface area contributed by atoms with Crippen LogP contribution >= 0.6 is 65.9 Å². The maximum atomic E-state index is 4.84. The zero-order valence-corrected chi connectivity index (χ0v) is 19.0. The second kappa shape index (κ2) is 7.04. The highest BCUT2D eigenvalue weighted by atomic mass is 79.9. The van der Waals surface area contributed by atoms with E-state index in [0.29, 0.717) is 0 Å². The first-order valence-electron chi connectivity index (χ1n) is 7.52. The minimum Gasteiger partial charge on any atom is -0.236 e. The molecule has 3 aromatic heterocycles. The van der Waals surface area contributed by atoms with Gasteiger partial charge in [0, 0.05) is 30.9 Å². The van der Waals surface area contributed by atoms with Crippen molar-refractivity contribution in [2.45, 2.75) is 13.8 Å². The Kier molecular flexibility index (Phi) is 4.94. The number of fused-ring (bicyclic) bond motifs is 2. The SMILES string of the molecule is C/C=C(\C(Br)=C/C)c1nc2cc3sc(-c4cscc4Br)nc3cc2s1. The van der Waals surface area contributed by atoms with Gasteiger partial charge in [-0.2, -0.15) is 11.3 Å². The molecule has 25 heavy (non-hydrogen) atoms. The number of thiophene rings is 1. The van der Waals surface area contributed by atoms with Crippen molar-refractivity contribution >= 4 is 91.9 Å². The number of aromatic nitrogens is 2. The molecule has 0 unspecified atom stereocenters. The van der Waals surface area contributed by atoms with Crippen molar-refractivity contribution in [3.05, 3.63) is 49.0 Å². The zero-order chi connectivity index (χ0) is 17.6. The molecule has 0 fully saturated rings. The monoisotopic (exact) mass is 510 g/mol. The number of hydrogen-bond acceptors (Lipinski definition) is 5. The van der Waals surface area contributed by atoms with E-state index >= 15 is 0 Å². The van der Waals surface area contributed by atoms with E-state index in [2.05, 4.69) is 60.8 Å². The third kappa shape index (κ3) is 3.17. The number of thiazole rings is 2. The molecule has 0 aliphatic rings. The van der Waals surface area contributed by atoms with Crippen LogP contribution in [0.25, 0.3) is 36.6 Å². The second-order valence-corrected chi connectivity index (χ2v) is 9.81. The normalized spacial score (nSPS) is 13.3. The Morgan fingerprint density at radius 1 is 1.00 bits per heavy atom. The summed E-state index contributed by atoms with van der Waals surface area (Å²) in [6.07, 6.45) is 4.14. The van der Waals surface area contributed by atoms with Crippen LogP contribution < -0.4 is 0 Å². The molecule has 0 aliphatic carbocycles. The summed E-state index contributed by atoms with van der Waals surface area (Å²) in [5, 5.41) is 6.30.